The van der Waals surface area contributed by atoms with Crippen molar-refractivity contribution in [3.8, 4) is 0 Å². The maximum atomic E-state index is 12.3. The fourth-order valence-corrected chi connectivity index (χ4v) is 2.64. The lowest BCUT2D eigenvalue weighted by Gasteiger charge is -2.39. The van der Waals surface area contributed by atoms with E-state index in [9.17, 15) is 14.4 Å². The fourth-order valence-electron chi connectivity index (χ4n) is 2.64. The molecule has 1 saturated heterocycles. The van der Waals surface area contributed by atoms with Crippen LogP contribution in [0.25, 0.3) is 0 Å². The summed E-state index contributed by atoms with van der Waals surface area (Å²) in [6.45, 7) is 1.63. The van der Waals surface area contributed by atoms with Crippen molar-refractivity contribution in [1.82, 2.24) is 5.32 Å². The highest BCUT2D eigenvalue weighted by Gasteiger charge is 2.50. The Kier molecular flexibility index (Phi) is 3.38. The van der Waals surface area contributed by atoms with E-state index in [4.69, 9.17) is 5.73 Å². The van der Waals surface area contributed by atoms with Crippen LogP contribution in [0, 0.1) is 5.92 Å². The molecule has 1 aliphatic heterocycles. The predicted molar refractivity (Wildman–Crippen MR) is 68.9 cm³/mol. The Morgan fingerprint density at radius 2 is 1.95 bits per heavy atom. The molecule has 1 aromatic carbocycles. The fraction of sp³-hybridized carbons (Fsp3) is 0.357. The van der Waals surface area contributed by atoms with Gasteiger partial charge in [0.1, 0.15) is 0 Å². The van der Waals surface area contributed by atoms with E-state index < -0.39 is 23.1 Å². The van der Waals surface area contributed by atoms with Gasteiger partial charge in [0.05, 0.1) is 11.3 Å². The third-order valence-corrected chi connectivity index (χ3v) is 3.86. The first-order valence-electron chi connectivity index (χ1n) is 6.17. The summed E-state index contributed by atoms with van der Waals surface area (Å²) in [6, 6.07) is 9.00. The Labute approximate surface area is 111 Å². The molecule has 1 fully saturated rings. The second kappa shape index (κ2) is 4.84. The average molecular weight is 260 g/mol. The molecule has 1 aromatic rings. The van der Waals surface area contributed by atoms with Gasteiger partial charge in [-0.15, -0.1) is 0 Å². The number of benzene rings is 1. The predicted octanol–water partition coefficient (Wildman–Crippen LogP) is 0.482. The van der Waals surface area contributed by atoms with Crippen molar-refractivity contribution in [2.24, 2.45) is 11.7 Å². The highest BCUT2D eigenvalue weighted by atomic mass is 16.2. The lowest BCUT2D eigenvalue weighted by Crippen LogP contribution is -2.57. The summed E-state index contributed by atoms with van der Waals surface area (Å²) in [5, 5.41) is 2.32. The third kappa shape index (κ3) is 2.12. The molecule has 0 aliphatic carbocycles. The van der Waals surface area contributed by atoms with Crippen LogP contribution in [0.5, 0.6) is 0 Å². The van der Waals surface area contributed by atoms with Gasteiger partial charge in [-0.1, -0.05) is 37.3 Å². The Morgan fingerprint density at radius 3 is 2.47 bits per heavy atom. The number of imide groups is 1. The highest BCUT2D eigenvalue weighted by Crippen LogP contribution is 2.39. The van der Waals surface area contributed by atoms with E-state index in [1.165, 1.54) is 0 Å². The lowest BCUT2D eigenvalue weighted by atomic mass is 9.65. The quantitative estimate of drug-likeness (QED) is 0.775. The van der Waals surface area contributed by atoms with Crippen molar-refractivity contribution in [3.05, 3.63) is 35.9 Å². The van der Waals surface area contributed by atoms with E-state index in [0.29, 0.717) is 12.0 Å². The topological polar surface area (TPSA) is 89.3 Å². The van der Waals surface area contributed by atoms with Crippen LogP contribution < -0.4 is 11.1 Å². The SMILES string of the molecule is CC(C(N)=O)C1(c2ccccc2)CCC(=O)NC1=O. The Morgan fingerprint density at radius 1 is 1.32 bits per heavy atom. The second-order valence-electron chi connectivity index (χ2n) is 4.84. The van der Waals surface area contributed by atoms with E-state index in [1.54, 1.807) is 31.2 Å². The molecule has 2 atom stereocenters. The molecule has 2 unspecified atom stereocenters. The zero-order valence-electron chi connectivity index (χ0n) is 10.7. The normalized spacial score (nSPS) is 24.7. The molecule has 0 spiro atoms. The van der Waals surface area contributed by atoms with Crippen molar-refractivity contribution in [1.29, 1.82) is 0 Å². The summed E-state index contributed by atoms with van der Waals surface area (Å²) < 4.78 is 0. The molecular formula is C14H16N2O3. The maximum absolute atomic E-state index is 12.3. The number of carbonyl (C=O) groups excluding carboxylic acids is 3. The van der Waals surface area contributed by atoms with Crippen LogP contribution in [0.4, 0.5) is 0 Å². The molecule has 0 aromatic heterocycles. The molecule has 1 aliphatic rings. The molecule has 3 amide bonds. The van der Waals surface area contributed by atoms with Crippen LogP contribution in [0.15, 0.2) is 30.3 Å². The van der Waals surface area contributed by atoms with Crippen LogP contribution in [-0.2, 0) is 19.8 Å². The Bertz CT molecular complexity index is 527. The molecule has 5 nitrogen and oxygen atoms in total. The average Bonchev–Trinajstić information content (AvgIpc) is 2.39. The zero-order valence-corrected chi connectivity index (χ0v) is 10.7. The molecule has 19 heavy (non-hydrogen) atoms. The van der Waals surface area contributed by atoms with Crippen LogP contribution >= 0.6 is 0 Å². The molecule has 3 N–H and O–H groups in total. The first kappa shape index (κ1) is 13.3. The third-order valence-electron chi connectivity index (χ3n) is 3.86. The maximum Gasteiger partial charge on any atom is 0.238 e. The van der Waals surface area contributed by atoms with Gasteiger partial charge in [0.15, 0.2) is 0 Å². The van der Waals surface area contributed by atoms with Gasteiger partial charge in [-0.25, -0.2) is 0 Å². The van der Waals surface area contributed by atoms with Crippen molar-refractivity contribution >= 4 is 17.7 Å². The first-order chi connectivity index (χ1) is 8.98. The number of nitrogens with one attached hydrogen (secondary N) is 1. The summed E-state index contributed by atoms with van der Waals surface area (Å²) in [7, 11) is 0. The van der Waals surface area contributed by atoms with Crippen LogP contribution in [0.3, 0.4) is 0 Å². The molecular weight excluding hydrogens is 244 g/mol. The van der Waals surface area contributed by atoms with Gasteiger partial charge in [-0.2, -0.15) is 0 Å². The summed E-state index contributed by atoms with van der Waals surface area (Å²) in [6.07, 6.45) is 0.504. The van der Waals surface area contributed by atoms with Gasteiger partial charge < -0.3 is 5.73 Å². The number of rotatable bonds is 3. The van der Waals surface area contributed by atoms with E-state index in [2.05, 4.69) is 5.32 Å². The monoisotopic (exact) mass is 260 g/mol. The summed E-state index contributed by atoms with van der Waals surface area (Å²) in [5.74, 6) is -1.98. The number of primary amides is 1. The van der Waals surface area contributed by atoms with Crippen molar-refractivity contribution < 1.29 is 14.4 Å². The minimum Gasteiger partial charge on any atom is -0.369 e. The van der Waals surface area contributed by atoms with E-state index in [0.717, 1.165) is 0 Å². The molecule has 0 radical (unpaired) electrons. The molecule has 2 rings (SSSR count). The minimum absolute atomic E-state index is 0.207. The smallest absolute Gasteiger partial charge is 0.238 e. The second-order valence-corrected chi connectivity index (χ2v) is 4.84. The van der Waals surface area contributed by atoms with Gasteiger partial charge in [0, 0.05) is 6.42 Å². The highest BCUT2D eigenvalue weighted by molar-refractivity contribution is 6.05. The van der Waals surface area contributed by atoms with Gasteiger partial charge in [0.2, 0.25) is 17.7 Å². The van der Waals surface area contributed by atoms with Crippen LogP contribution in [0.1, 0.15) is 25.3 Å². The Hall–Kier alpha value is -2.17. The largest absolute Gasteiger partial charge is 0.369 e. The summed E-state index contributed by atoms with van der Waals surface area (Å²) in [5.41, 5.74) is 5.04. The van der Waals surface area contributed by atoms with E-state index in [1.807, 2.05) is 6.07 Å². The molecule has 5 heteroatoms. The number of piperidine rings is 1. The van der Waals surface area contributed by atoms with Gasteiger partial charge in [-0.05, 0) is 12.0 Å². The van der Waals surface area contributed by atoms with Crippen molar-refractivity contribution in [2.75, 3.05) is 0 Å². The number of carbonyl (C=O) groups is 3. The van der Waals surface area contributed by atoms with Crippen LogP contribution in [0.2, 0.25) is 0 Å². The van der Waals surface area contributed by atoms with Crippen molar-refractivity contribution in [3.63, 3.8) is 0 Å². The first-order valence-corrected chi connectivity index (χ1v) is 6.17. The van der Waals surface area contributed by atoms with Gasteiger partial charge in [0.25, 0.3) is 0 Å². The Balaban J connectivity index is 2.54. The summed E-state index contributed by atoms with van der Waals surface area (Å²) in [4.78, 5) is 35.2. The lowest BCUT2D eigenvalue weighted by molar-refractivity contribution is -0.143. The number of amides is 3. The standard InChI is InChI=1S/C14H16N2O3/c1-9(12(15)18)14(10-5-3-2-4-6-10)8-7-11(17)16-13(14)19/h2-6,9H,7-8H2,1H3,(H2,15,18)(H,16,17,19). The molecule has 0 bridgehead atoms. The zero-order chi connectivity index (χ0) is 14.0. The minimum atomic E-state index is -1.05. The van der Waals surface area contributed by atoms with Crippen LogP contribution in [-0.4, -0.2) is 17.7 Å². The van der Waals surface area contributed by atoms with Crippen molar-refractivity contribution in [2.45, 2.75) is 25.2 Å². The number of nitrogens with two attached hydrogens (primary N) is 1. The van der Waals surface area contributed by atoms with E-state index in [-0.39, 0.29) is 12.3 Å². The summed E-state index contributed by atoms with van der Waals surface area (Å²) >= 11 is 0. The number of hydrogen-bond acceptors (Lipinski definition) is 3. The molecule has 0 saturated carbocycles. The van der Waals surface area contributed by atoms with Gasteiger partial charge in [-0.3, -0.25) is 19.7 Å². The molecule has 1 heterocycles. The molecule has 100 valence electrons. The number of hydrogen-bond donors (Lipinski definition) is 2. The van der Waals surface area contributed by atoms with E-state index >= 15 is 0 Å². The van der Waals surface area contributed by atoms with Gasteiger partial charge >= 0.3 is 0 Å².